The van der Waals surface area contributed by atoms with Gasteiger partial charge in [-0.3, -0.25) is 4.79 Å². The first-order valence-corrected chi connectivity index (χ1v) is 12.1. The first kappa shape index (κ1) is 25.8. The van der Waals surface area contributed by atoms with Crippen LogP contribution in [0.1, 0.15) is 52.4 Å². The molecule has 0 radical (unpaired) electrons. The predicted molar refractivity (Wildman–Crippen MR) is 122 cm³/mol. The highest BCUT2D eigenvalue weighted by atomic mass is 32.2. The lowest BCUT2D eigenvalue weighted by molar-refractivity contribution is 0.0474. The van der Waals surface area contributed by atoms with Crippen molar-refractivity contribution in [2.75, 3.05) is 33.4 Å². The van der Waals surface area contributed by atoms with Crippen molar-refractivity contribution in [1.29, 1.82) is 0 Å². The first-order chi connectivity index (χ1) is 15.2. The Kier molecular flexibility index (Phi) is 9.18. The Hall–Kier alpha value is -2.49. The van der Waals surface area contributed by atoms with Gasteiger partial charge in [-0.2, -0.15) is 4.31 Å². The molecule has 0 spiro atoms. The van der Waals surface area contributed by atoms with E-state index >= 15 is 0 Å². The van der Waals surface area contributed by atoms with Crippen LogP contribution >= 0.6 is 0 Å². The smallest absolute Gasteiger partial charge is 0.338 e. The molecule has 0 amide bonds. The zero-order chi connectivity index (χ0) is 23.9. The number of carbonyl (C=O) groups is 2. The maximum Gasteiger partial charge on any atom is 0.338 e. The molecule has 0 aliphatic rings. The molecule has 176 valence electrons. The van der Waals surface area contributed by atoms with Gasteiger partial charge in [-0.25, -0.2) is 13.2 Å². The standard InChI is InChI=1S/C23H32N2O6S/c1-6-24(7-2)32(28,29)20-11-9-19(10-12-20)23(27)31-16-22(26)21-15-17(3)25(18(21)4)13-8-14-30-5/h9-12,15H,6-8,13-14,16H2,1-5H3. The molecule has 2 aromatic rings. The number of ether oxygens (including phenoxy) is 2. The van der Waals surface area contributed by atoms with Gasteiger partial charge in [0.1, 0.15) is 0 Å². The number of nitrogens with zero attached hydrogens (tertiary/aromatic N) is 2. The normalized spacial score (nSPS) is 11.7. The van der Waals surface area contributed by atoms with E-state index in [0.29, 0.717) is 25.3 Å². The van der Waals surface area contributed by atoms with Crippen molar-refractivity contribution < 1.29 is 27.5 Å². The van der Waals surface area contributed by atoms with E-state index in [4.69, 9.17) is 9.47 Å². The van der Waals surface area contributed by atoms with Gasteiger partial charge in [-0.05, 0) is 50.6 Å². The number of hydrogen-bond acceptors (Lipinski definition) is 6. The summed E-state index contributed by atoms with van der Waals surface area (Å²) in [5.74, 6) is -0.968. The molecular formula is C23H32N2O6S. The Morgan fingerprint density at radius 2 is 1.69 bits per heavy atom. The molecule has 1 aromatic heterocycles. The molecule has 0 fully saturated rings. The molecule has 1 heterocycles. The third-order valence-electron chi connectivity index (χ3n) is 5.37. The third-order valence-corrected chi connectivity index (χ3v) is 7.44. The predicted octanol–water partition coefficient (Wildman–Crippen LogP) is 3.21. The lowest BCUT2D eigenvalue weighted by atomic mass is 10.1. The molecule has 0 saturated heterocycles. The van der Waals surface area contributed by atoms with Crippen LogP contribution in [0.3, 0.4) is 0 Å². The molecule has 32 heavy (non-hydrogen) atoms. The van der Waals surface area contributed by atoms with Crippen LogP contribution < -0.4 is 0 Å². The number of benzene rings is 1. The van der Waals surface area contributed by atoms with Gasteiger partial charge in [0, 0.05) is 50.3 Å². The van der Waals surface area contributed by atoms with Gasteiger partial charge in [0.2, 0.25) is 15.8 Å². The second-order valence-corrected chi connectivity index (χ2v) is 9.33. The number of Topliss-reactive ketones (excluding diaryl/α,β-unsaturated/α-hetero) is 1. The molecule has 0 bridgehead atoms. The van der Waals surface area contributed by atoms with E-state index < -0.39 is 16.0 Å². The van der Waals surface area contributed by atoms with Gasteiger partial charge in [-0.15, -0.1) is 0 Å². The summed E-state index contributed by atoms with van der Waals surface area (Å²) in [5, 5.41) is 0. The quantitative estimate of drug-likeness (QED) is 0.272. The van der Waals surface area contributed by atoms with Crippen molar-refractivity contribution >= 4 is 21.8 Å². The number of hydrogen-bond donors (Lipinski definition) is 0. The van der Waals surface area contributed by atoms with E-state index in [1.54, 1.807) is 27.0 Å². The van der Waals surface area contributed by atoms with Gasteiger partial charge < -0.3 is 14.0 Å². The molecule has 1 aromatic carbocycles. The molecule has 0 atom stereocenters. The highest BCUT2D eigenvalue weighted by molar-refractivity contribution is 7.89. The van der Waals surface area contributed by atoms with E-state index in [-0.39, 0.29) is 22.8 Å². The van der Waals surface area contributed by atoms with Gasteiger partial charge in [0.05, 0.1) is 10.5 Å². The number of aryl methyl sites for hydroxylation is 1. The minimum absolute atomic E-state index is 0.106. The van der Waals surface area contributed by atoms with E-state index in [1.165, 1.54) is 28.6 Å². The van der Waals surface area contributed by atoms with E-state index in [1.807, 2.05) is 18.4 Å². The zero-order valence-corrected chi connectivity index (χ0v) is 20.2. The van der Waals surface area contributed by atoms with Crippen LogP contribution in [-0.4, -0.2) is 62.5 Å². The number of methoxy groups -OCH3 is 1. The fourth-order valence-corrected chi connectivity index (χ4v) is 5.02. The average Bonchev–Trinajstić information content (AvgIpc) is 3.06. The summed E-state index contributed by atoms with van der Waals surface area (Å²) < 4.78 is 38.7. The molecule has 8 nitrogen and oxygen atoms in total. The van der Waals surface area contributed by atoms with Crippen molar-refractivity contribution in [3.05, 3.63) is 52.8 Å². The Morgan fingerprint density at radius 3 is 2.25 bits per heavy atom. The summed E-state index contributed by atoms with van der Waals surface area (Å²) in [6, 6.07) is 7.33. The van der Waals surface area contributed by atoms with Gasteiger partial charge >= 0.3 is 5.97 Å². The number of ketones is 1. The maximum absolute atomic E-state index is 12.6. The number of rotatable bonds is 12. The molecule has 2 rings (SSSR count). The summed E-state index contributed by atoms with van der Waals surface area (Å²) in [6.07, 6.45) is 0.829. The van der Waals surface area contributed by atoms with Crippen LogP contribution in [0.2, 0.25) is 0 Å². The highest BCUT2D eigenvalue weighted by Gasteiger charge is 2.22. The lowest BCUT2D eigenvalue weighted by Crippen LogP contribution is -2.30. The molecule has 0 saturated carbocycles. The Morgan fingerprint density at radius 1 is 1.06 bits per heavy atom. The van der Waals surface area contributed by atoms with Crippen molar-refractivity contribution in [2.45, 2.75) is 45.6 Å². The van der Waals surface area contributed by atoms with E-state index in [0.717, 1.165) is 24.4 Å². The van der Waals surface area contributed by atoms with Crippen molar-refractivity contribution in [3.63, 3.8) is 0 Å². The van der Waals surface area contributed by atoms with Crippen molar-refractivity contribution in [1.82, 2.24) is 8.87 Å². The van der Waals surface area contributed by atoms with Crippen LogP contribution in [-0.2, 0) is 26.0 Å². The second kappa shape index (κ2) is 11.4. The Bertz CT molecular complexity index is 1040. The molecule has 9 heteroatoms. The number of carbonyl (C=O) groups excluding carboxylic acids is 2. The Labute approximate surface area is 190 Å². The van der Waals surface area contributed by atoms with Crippen molar-refractivity contribution in [3.8, 4) is 0 Å². The monoisotopic (exact) mass is 464 g/mol. The highest BCUT2D eigenvalue weighted by Crippen LogP contribution is 2.18. The lowest BCUT2D eigenvalue weighted by Gasteiger charge is -2.18. The van der Waals surface area contributed by atoms with Gasteiger partial charge in [-0.1, -0.05) is 13.8 Å². The van der Waals surface area contributed by atoms with Crippen LogP contribution in [0.25, 0.3) is 0 Å². The molecule has 0 aliphatic heterocycles. The minimum atomic E-state index is -3.60. The number of esters is 1. The van der Waals surface area contributed by atoms with Gasteiger partial charge in [0.25, 0.3) is 0 Å². The van der Waals surface area contributed by atoms with Crippen LogP contribution in [0.4, 0.5) is 0 Å². The van der Waals surface area contributed by atoms with Crippen LogP contribution in [0, 0.1) is 13.8 Å². The van der Waals surface area contributed by atoms with Crippen LogP contribution in [0.15, 0.2) is 35.2 Å². The Balaban J connectivity index is 2.04. The third kappa shape index (κ3) is 5.85. The summed E-state index contributed by atoms with van der Waals surface area (Å²) in [6.45, 7) is 9.02. The SMILES string of the molecule is CCN(CC)S(=O)(=O)c1ccc(C(=O)OCC(=O)c2cc(C)n(CCCOC)c2C)cc1. The minimum Gasteiger partial charge on any atom is -0.454 e. The largest absolute Gasteiger partial charge is 0.454 e. The van der Waals surface area contributed by atoms with E-state index in [9.17, 15) is 18.0 Å². The zero-order valence-electron chi connectivity index (χ0n) is 19.4. The topological polar surface area (TPSA) is 94.9 Å². The average molecular weight is 465 g/mol. The molecule has 0 unspecified atom stereocenters. The fraction of sp³-hybridized carbons (Fsp3) is 0.478. The fourth-order valence-electron chi connectivity index (χ4n) is 3.56. The van der Waals surface area contributed by atoms with E-state index in [2.05, 4.69) is 0 Å². The molecule has 0 aliphatic carbocycles. The number of sulfonamides is 1. The summed E-state index contributed by atoms with van der Waals surface area (Å²) >= 11 is 0. The van der Waals surface area contributed by atoms with Crippen LogP contribution in [0.5, 0.6) is 0 Å². The summed E-state index contributed by atoms with van der Waals surface area (Å²) in [5.41, 5.74) is 2.48. The number of aromatic nitrogens is 1. The summed E-state index contributed by atoms with van der Waals surface area (Å²) in [4.78, 5) is 25.1. The van der Waals surface area contributed by atoms with Crippen molar-refractivity contribution in [2.24, 2.45) is 0 Å². The van der Waals surface area contributed by atoms with Gasteiger partial charge in [0.15, 0.2) is 6.61 Å². The second-order valence-electron chi connectivity index (χ2n) is 7.40. The first-order valence-electron chi connectivity index (χ1n) is 10.6. The maximum atomic E-state index is 12.6. The molecular weight excluding hydrogens is 432 g/mol. The summed E-state index contributed by atoms with van der Waals surface area (Å²) in [7, 11) is -1.95. The molecule has 0 N–H and O–H groups in total.